The first kappa shape index (κ1) is 13.7. The van der Waals surface area contributed by atoms with E-state index in [1.807, 2.05) is 12.1 Å². The third-order valence-corrected chi connectivity index (χ3v) is 5.09. The third kappa shape index (κ3) is 2.27. The number of phenols is 1. The highest BCUT2D eigenvalue weighted by molar-refractivity contribution is 5.42. The molecule has 1 aliphatic heterocycles. The van der Waals surface area contributed by atoms with Crippen molar-refractivity contribution in [3.05, 3.63) is 23.8 Å². The second kappa shape index (κ2) is 5.26. The highest BCUT2D eigenvalue weighted by Gasteiger charge is 2.48. The molecular weight excluding hydrogens is 254 g/mol. The van der Waals surface area contributed by atoms with E-state index in [9.17, 15) is 10.2 Å². The average molecular weight is 278 g/mol. The van der Waals surface area contributed by atoms with Gasteiger partial charge in [0, 0.05) is 17.9 Å². The highest BCUT2D eigenvalue weighted by atomic mass is 16.5. The van der Waals surface area contributed by atoms with Crippen LogP contribution in [0.5, 0.6) is 11.5 Å². The molecule has 0 unspecified atom stereocenters. The first-order chi connectivity index (χ1) is 9.64. The van der Waals surface area contributed by atoms with Crippen LogP contribution in [0, 0.1) is 5.92 Å². The SMILES string of the molecule is COc1cc([C@H]2[NH2+]CC[C@@]3(O)CCCC[C@H]23)ccc1O. The lowest BCUT2D eigenvalue weighted by Gasteiger charge is -2.46. The lowest BCUT2D eigenvalue weighted by molar-refractivity contribution is -0.719. The molecule has 0 bridgehead atoms. The van der Waals surface area contributed by atoms with Crippen LogP contribution in [0.2, 0.25) is 0 Å². The Kier molecular flexibility index (Phi) is 3.61. The standard InChI is InChI=1S/C16H23NO3/c1-20-14-10-11(5-6-13(14)18)15-12-4-2-3-7-16(12,19)8-9-17-15/h5-6,10,12,15,17-19H,2-4,7-9H2,1H3/p+1/t12-,15-,16+/m1/s1. The van der Waals surface area contributed by atoms with E-state index in [1.54, 1.807) is 13.2 Å². The number of aliphatic hydroxyl groups is 1. The van der Waals surface area contributed by atoms with Crippen molar-refractivity contribution in [3.63, 3.8) is 0 Å². The van der Waals surface area contributed by atoms with Crippen LogP contribution in [0.15, 0.2) is 18.2 Å². The minimum atomic E-state index is -0.497. The second-order valence-corrected chi connectivity index (χ2v) is 6.19. The maximum absolute atomic E-state index is 10.9. The molecule has 0 aromatic heterocycles. The van der Waals surface area contributed by atoms with Gasteiger partial charge in [0.2, 0.25) is 0 Å². The number of ether oxygens (including phenoxy) is 1. The molecular formula is C16H24NO3+. The van der Waals surface area contributed by atoms with Gasteiger partial charge in [-0.2, -0.15) is 0 Å². The number of fused-ring (bicyclic) bond motifs is 1. The van der Waals surface area contributed by atoms with E-state index in [1.165, 1.54) is 6.42 Å². The largest absolute Gasteiger partial charge is 0.504 e. The second-order valence-electron chi connectivity index (χ2n) is 6.19. The van der Waals surface area contributed by atoms with Crippen molar-refractivity contribution in [2.24, 2.45) is 5.92 Å². The number of phenolic OH excluding ortho intramolecular Hbond substituents is 1. The Bertz CT molecular complexity index is 487. The number of piperidine rings is 1. The Balaban J connectivity index is 1.92. The molecule has 1 saturated carbocycles. The topological polar surface area (TPSA) is 66.3 Å². The van der Waals surface area contributed by atoms with Crippen molar-refractivity contribution in [2.75, 3.05) is 13.7 Å². The minimum absolute atomic E-state index is 0.172. The fourth-order valence-electron chi connectivity index (χ4n) is 4.02. The predicted octanol–water partition coefficient (Wildman–Crippen LogP) is 1.33. The van der Waals surface area contributed by atoms with Gasteiger partial charge in [-0.05, 0) is 31.0 Å². The van der Waals surface area contributed by atoms with E-state index < -0.39 is 5.60 Å². The molecule has 0 spiro atoms. The molecule has 1 aromatic carbocycles. The van der Waals surface area contributed by atoms with Gasteiger partial charge in [0.1, 0.15) is 6.04 Å². The lowest BCUT2D eigenvalue weighted by atomic mass is 9.67. The molecule has 4 heteroatoms. The van der Waals surface area contributed by atoms with Crippen LogP contribution < -0.4 is 10.1 Å². The molecule has 1 heterocycles. The molecule has 1 aliphatic carbocycles. The molecule has 0 amide bonds. The van der Waals surface area contributed by atoms with Crippen molar-refractivity contribution >= 4 is 0 Å². The molecule has 3 rings (SSSR count). The maximum atomic E-state index is 10.9. The Hall–Kier alpha value is -1.26. The number of aromatic hydroxyl groups is 1. The molecule has 2 fully saturated rings. The van der Waals surface area contributed by atoms with E-state index in [-0.39, 0.29) is 11.8 Å². The van der Waals surface area contributed by atoms with Crippen molar-refractivity contribution in [1.29, 1.82) is 0 Å². The Labute approximate surface area is 119 Å². The quantitative estimate of drug-likeness (QED) is 0.764. The van der Waals surface area contributed by atoms with Gasteiger partial charge >= 0.3 is 0 Å². The monoisotopic (exact) mass is 278 g/mol. The summed E-state index contributed by atoms with van der Waals surface area (Å²) in [5.74, 6) is 0.992. The summed E-state index contributed by atoms with van der Waals surface area (Å²) < 4.78 is 5.21. The summed E-state index contributed by atoms with van der Waals surface area (Å²) in [6.07, 6.45) is 5.24. The highest BCUT2D eigenvalue weighted by Crippen LogP contribution is 2.44. The van der Waals surface area contributed by atoms with Gasteiger partial charge in [-0.1, -0.05) is 12.8 Å². The lowest BCUT2D eigenvalue weighted by Crippen LogP contribution is -2.91. The summed E-state index contributed by atoms with van der Waals surface area (Å²) in [7, 11) is 1.57. The molecule has 4 nitrogen and oxygen atoms in total. The molecule has 0 radical (unpaired) electrons. The van der Waals surface area contributed by atoms with Crippen LogP contribution in [0.25, 0.3) is 0 Å². The number of rotatable bonds is 2. The summed E-state index contributed by atoms with van der Waals surface area (Å²) in [5, 5.41) is 23.0. The molecule has 2 aliphatic rings. The van der Waals surface area contributed by atoms with Gasteiger partial charge < -0.3 is 20.3 Å². The van der Waals surface area contributed by atoms with Gasteiger partial charge in [-0.15, -0.1) is 0 Å². The maximum Gasteiger partial charge on any atom is 0.160 e. The van der Waals surface area contributed by atoms with Crippen molar-refractivity contribution in [3.8, 4) is 11.5 Å². The Morgan fingerprint density at radius 1 is 1.30 bits per heavy atom. The predicted molar refractivity (Wildman–Crippen MR) is 75.7 cm³/mol. The number of hydrogen-bond donors (Lipinski definition) is 3. The fraction of sp³-hybridized carbons (Fsp3) is 0.625. The summed E-state index contributed by atoms with van der Waals surface area (Å²) in [5.41, 5.74) is 0.646. The van der Waals surface area contributed by atoms with Gasteiger partial charge in [-0.3, -0.25) is 0 Å². The summed E-state index contributed by atoms with van der Waals surface area (Å²) in [6, 6.07) is 5.83. The van der Waals surface area contributed by atoms with E-state index in [4.69, 9.17) is 4.74 Å². The number of nitrogens with two attached hydrogens (primary N) is 1. The zero-order valence-corrected chi connectivity index (χ0v) is 12.0. The van der Waals surface area contributed by atoms with E-state index in [0.717, 1.165) is 37.8 Å². The first-order valence-corrected chi connectivity index (χ1v) is 7.57. The fourth-order valence-corrected chi connectivity index (χ4v) is 4.02. The first-order valence-electron chi connectivity index (χ1n) is 7.57. The van der Waals surface area contributed by atoms with E-state index in [2.05, 4.69) is 5.32 Å². The van der Waals surface area contributed by atoms with E-state index in [0.29, 0.717) is 11.7 Å². The molecule has 20 heavy (non-hydrogen) atoms. The molecule has 110 valence electrons. The van der Waals surface area contributed by atoms with Gasteiger partial charge in [-0.25, -0.2) is 0 Å². The normalized spacial score (nSPS) is 33.5. The summed E-state index contributed by atoms with van der Waals surface area (Å²) in [4.78, 5) is 0. The number of benzene rings is 1. The van der Waals surface area contributed by atoms with Crippen LogP contribution in [0.4, 0.5) is 0 Å². The van der Waals surface area contributed by atoms with Crippen LogP contribution in [0.3, 0.4) is 0 Å². The molecule has 1 saturated heterocycles. The summed E-state index contributed by atoms with van der Waals surface area (Å²) in [6.45, 7) is 0.959. The van der Waals surface area contributed by atoms with Crippen LogP contribution in [0.1, 0.15) is 43.7 Å². The third-order valence-electron chi connectivity index (χ3n) is 5.09. The van der Waals surface area contributed by atoms with Crippen LogP contribution in [-0.2, 0) is 0 Å². The molecule has 4 N–H and O–H groups in total. The minimum Gasteiger partial charge on any atom is -0.504 e. The van der Waals surface area contributed by atoms with Crippen molar-refractivity contribution in [1.82, 2.24) is 0 Å². The van der Waals surface area contributed by atoms with Crippen molar-refractivity contribution < 1.29 is 20.3 Å². The zero-order valence-electron chi connectivity index (χ0n) is 12.0. The number of quaternary nitrogens is 1. The Morgan fingerprint density at radius 3 is 2.95 bits per heavy atom. The number of methoxy groups -OCH3 is 1. The van der Waals surface area contributed by atoms with Gasteiger partial charge in [0.05, 0.1) is 19.3 Å². The van der Waals surface area contributed by atoms with Crippen LogP contribution in [-0.4, -0.2) is 29.5 Å². The van der Waals surface area contributed by atoms with Gasteiger partial charge in [0.25, 0.3) is 0 Å². The average Bonchev–Trinajstić information content (AvgIpc) is 2.46. The van der Waals surface area contributed by atoms with Gasteiger partial charge in [0.15, 0.2) is 11.5 Å². The zero-order chi connectivity index (χ0) is 14.2. The Morgan fingerprint density at radius 2 is 2.15 bits per heavy atom. The number of hydrogen-bond acceptors (Lipinski definition) is 3. The molecule has 1 aromatic rings. The smallest absolute Gasteiger partial charge is 0.160 e. The molecule has 3 atom stereocenters. The van der Waals surface area contributed by atoms with Crippen molar-refractivity contribution in [2.45, 2.75) is 43.7 Å². The van der Waals surface area contributed by atoms with E-state index >= 15 is 0 Å². The van der Waals surface area contributed by atoms with Crippen LogP contribution >= 0.6 is 0 Å². The summed E-state index contributed by atoms with van der Waals surface area (Å²) >= 11 is 0.